The van der Waals surface area contributed by atoms with E-state index >= 15 is 0 Å². The number of carbonyl (C=O) groups excluding carboxylic acids is 1. The minimum absolute atomic E-state index is 0.0426. The van der Waals surface area contributed by atoms with Crippen LogP contribution in [0.15, 0.2) is 22.7 Å². The summed E-state index contributed by atoms with van der Waals surface area (Å²) in [5, 5.41) is 2.89. The van der Waals surface area contributed by atoms with Crippen LogP contribution in [0.5, 0.6) is 0 Å². The molecule has 1 heterocycles. The highest BCUT2D eigenvalue weighted by Crippen LogP contribution is 2.18. The number of morpholine rings is 1. The predicted octanol–water partition coefficient (Wildman–Crippen LogP) is 1.48. The molecule has 0 bridgehead atoms. The zero-order chi connectivity index (χ0) is 14.5. The highest BCUT2D eigenvalue weighted by Gasteiger charge is 2.20. The number of nitrogens with two attached hydrogens (primary N) is 1. The van der Waals surface area contributed by atoms with Gasteiger partial charge in [0.05, 0.1) is 18.3 Å². The molecule has 1 aromatic rings. The first-order valence-electron chi connectivity index (χ1n) is 6.77. The lowest BCUT2D eigenvalue weighted by Gasteiger charge is -2.32. The van der Waals surface area contributed by atoms with E-state index in [-0.39, 0.29) is 12.0 Å². The molecule has 1 aliphatic rings. The summed E-state index contributed by atoms with van der Waals surface area (Å²) in [5.74, 6) is -0.166. The van der Waals surface area contributed by atoms with Crippen LogP contribution in [0, 0.1) is 0 Å². The van der Waals surface area contributed by atoms with Gasteiger partial charge in [-0.05, 0) is 24.7 Å². The number of nitrogen functional groups attached to an aromatic ring is 1. The van der Waals surface area contributed by atoms with E-state index in [0.29, 0.717) is 24.4 Å². The second-order valence-corrected chi connectivity index (χ2v) is 5.74. The summed E-state index contributed by atoms with van der Waals surface area (Å²) in [6.45, 7) is 6.16. The van der Waals surface area contributed by atoms with Crippen molar-refractivity contribution in [3.63, 3.8) is 0 Å². The molecule has 0 aliphatic carbocycles. The van der Waals surface area contributed by atoms with Gasteiger partial charge in [-0.15, -0.1) is 0 Å². The second kappa shape index (κ2) is 7.06. The lowest BCUT2D eigenvalue weighted by atomic mass is 10.1. The maximum Gasteiger partial charge on any atom is 0.253 e. The van der Waals surface area contributed by atoms with Gasteiger partial charge in [-0.1, -0.05) is 22.9 Å². The Bertz CT molecular complexity index is 481. The summed E-state index contributed by atoms with van der Waals surface area (Å²) in [6.07, 6.45) is 0.0426. The lowest BCUT2D eigenvalue weighted by molar-refractivity contribution is -0.0246. The first kappa shape index (κ1) is 15.3. The van der Waals surface area contributed by atoms with Crippen LogP contribution in [0.25, 0.3) is 0 Å². The number of nitrogens with zero attached hydrogens (tertiary/aromatic N) is 1. The molecule has 0 saturated carbocycles. The number of carbonyl (C=O) groups is 1. The zero-order valence-corrected chi connectivity index (χ0v) is 13.1. The van der Waals surface area contributed by atoms with Crippen LogP contribution in [0.2, 0.25) is 0 Å². The third kappa shape index (κ3) is 3.94. The van der Waals surface area contributed by atoms with E-state index in [1.165, 1.54) is 0 Å². The summed E-state index contributed by atoms with van der Waals surface area (Å²) in [6, 6.07) is 5.26. The van der Waals surface area contributed by atoms with Crippen molar-refractivity contribution >= 4 is 27.5 Å². The predicted molar refractivity (Wildman–Crippen MR) is 82.7 cm³/mol. The van der Waals surface area contributed by atoms with Crippen molar-refractivity contribution in [3.05, 3.63) is 28.2 Å². The van der Waals surface area contributed by atoms with Crippen LogP contribution in [0.1, 0.15) is 17.3 Å². The highest BCUT2D eigenvalue weighted by molar-refractivity contribution is 9.10. The van der Waals surface area contributed by atoms with Crippen molar-refractivity contribution < 1.29 is 9.53 Å². The molecule has 1 aromatic carbocycles. The molecule has 2 rings (SSSR count). The number of halogens is 1. The Morgan fingerprint density at radius 1 is 1.60 bits per heavy atom. The fourth-order valence-electron chi connectivity index (χ4n) is 2.22. The molecule has 0 aromatic heterocycles. The average Bonchev–Trinajstić information content (AvgIpc) is 2.47. The summed E-state index contributed by atoms with van der Waals surface area (Å²) >= 11 is 3.34. The number of anilines is 1. The quantitative estimate of drug-likeness (QED) is 0.814. The minimum Gasteiger partial charge on any atom is -0.398 e. The van der Waals surface area contributed by atoms with E-state index in [9.17, 15) is 4.79 Å². The zero-order valence-electron chi connectivity index (χ0n) is 11.6. The normalized spacial score (nSPS) is 19.8. The van der Waals surface area contributed by atoms with Gasteiger partial charge in [-0.25, -0.2) is 0 Å². The number of rotatable bonds is 4. The Balaban J connectivity index is 1.90. The second-order valence-electron chi connectivity index (χ2n) is 4.83. The number of hydrogen-bond acceptors (Lipinski definition) is 4. The molecule has 1 amide bonds. The molecule has 1 unspecified atom stereocenters. The summed E-state index contributed by atoms with van der Waals surface area (Å²) < 4.78 is 6.49. The summed E-state index contributed by atoms with van der Waals surface area (Å²) in [7, 11) is 0. The van der Waals surface area contributed by atoms with Crippen LogP contribution >= 0.6 is 15.9 Å². The number of likely N-dealkylation sites (N-methyl/N-ethyl adjacent to an activating group) is 1. The maximum atomic E-state index is 12.1. The summed E-state index contributed by atoms with van der Waals surface area (Å²) in [4.78, 5) is 14.4. The maximum absolute atomic E-state index is 12.1. The molecule has 3 N–H and O–H groups in total. The standard InChI is InChI=1S/C14H20BrN3O2/c1-2-18-5-6-20-11(9-18)8-17-14(19)12-7-10(15)3-4-13(12)16/h3-4,7,11H,2,5-6,8-9,16H2,1H3,(H,17,19). The van der Waals surface area contributed by atoms with E-state index < -0.39 is 0 Å². The monoisotopic (exact) mass is 341 g/mol. The molecule has 5 nitrogen and oxygen atoms in total. The van der Waals surface area contributed by atoms with Gasteiger partial charge in [0.2, 0.25) is 0 Å². The van der Waals surface area contributed by atoms with Crippen LogP contribution in [0.3, 0.4) is 0 Å². The molecular weight excluding hydrogens is 322 g/mol. The molecule has 0 radical (unpaired) electrons. The van der Waals surface area contributed by atoms with Gasteiger partial charge in [-0.2, -0.15) is 0 Å². The Hall–Kier alpha value is -1.11. The van der Waals surface area contributed by atoms with Crippen molar-refractivity contribution in [1.29, 1.82) is 0 Å². The van der Waals surface area contributed by atoms with Crippen LogP contribution < -0.4 is 11.1 Å². The average molecular weight is 342 g/mol. The van der Waals surface area contributed by atoms with Gasteiger partial charge in [0.25, 0.3) is 5.91 Å². The molecule has 1 atom stereocenters. The Morgan fingerprint density at radius 3 is 3.15 bits per heavy atom. The molecule has 1 saturated heterocycles. The fourth-order valence-corrected chi connectivity index (χ4v) is 2.58. The number of benzene rings is 1. The molecule has 0 spiro atoms. The van der Waals surface area contributed by atoms with Gasteiger partial charge in [0.15, 0.2) is 0 Å². The van der Waals surface area contributed by atoms with E-state index in [1.807, 2.05) is 6.07 Å². The first-order chi connectivity index (χ1) is 9.60. The van der Waals surface area contributed by atoms with Gasteiger partial charge in [0, 0.05) is 29.8 Å². The summed E-state index contributed by atoms with van der Waals surface area (Å²) in [5.41, 5.74) is 6.79. The van der Waals surface area contributed by atoms with Crippen LogP contribution in [-0.4, -0.2) is 49.7 Å². The third-order valence-electron chi connectivity index (χ3n) is 3.42. The Morgan fingerprint density at radius 2 is 2.40 bits per heavy atom. The minimum atomic E-state index is -0.166. The molecule has 1 aliphatic heterocycles. The molecular formula is C14H20BrN3O2. The van der Waals surface area contributed by atoms with E-state index in [0.717, 1.165) is 24.1 Å². The van der Waals surface area contributed by atoms with E-state index in [4.69, 9.17) is 10.5 Å². The molecule has 1 fully saturated rings. The Labute approximate surface area is 127 Å². The van der Waals surface area contributed by atoms with Gasteiger partial charge < -0.3 is 15.8 Å². The Kier molecular flexibility index (Phi) is 5.39. The number of nitrogens with one attached hydrogen (secondary N) is 1. The lowest BCUT2D eigenvalue weighted by Crippen LogP contribution is -2.47. The number of hydrogen-bond donors (Lipinski definition) is 2. The smallest absolute Gasteiger partial charge is 0.253 e. The van der Waals surface area contributed by atoms with Gasteiger partial charge in [-0.3, -0.25) is 9.69 Å². The molecule has 110 valence electrons. The SMILES string of the molecule is CCN1CCOC(CNC(=O)c2cc(Br)ccc2N)C1. The van der Waals surface area contributed by atoms with Gasteiger partial charge in [0.1, 0.15) is 0 Å². The van der Waals surface area contributed by atoms with Crippen LogP contribution in [-0.2, 0) is 4.74 Å². The fraction of sp³-hybridized carbons (Fsp3) is 0.500. The molecule has 6 heteroatoms. The van der Waals surface area contributed by atoms with E-state index in [1.54, 1.807) is 12.1 Å². The first-order valence-corrected chi connectivity index (χ1v) is 7.56. The number of amides is 1. The topological polar surface area (TPSA) is 67.6 Å². The highest BCUT2D eigenvalue weighted by atomic mass is 79.9. The number of ether oxygens (including phenoxy) is 1. The van der Waals surface area contributed by atoms with Crippen LogP contribution in [0.4, 0.5) is 5.69 Å². The van der Waals surface area contributed by atoms with Gasteiger partial charge >= 0.3 is 0 Å². The third-order valence-corrected chi connectivity index (χ3v) is 3.91. The largest absolute Gasteiger partial charge is 0.398 e. The van der Waals surface area contributed by atoms with Crippen molar-refractivity contribution in [3.8, 4) is 0 Å². The van der Waals surface area contributed by atoms with Crippen molar-refractivity contribution in [2.45, 2.75) is 13.0 Å². The van der Waals surface area contributed by atoms with E-state index in [2.05, 4.69) is 33.1 Å². The van der Waals surface area contributed by atoms with Crippen molar-refractivity contribution in [1.82, 2.24) is 10.2 Å². The van der Waals surface area contributed by atoms with Crippen molar-refractivity contribution in [2.24, 2.45) is 0 Å². The molecule has 20 heavy (non-hydrogen) atoms. The van der Waals surface area contributed by atoms with Crippen molar-refractivity contribution in [2.75, 3.05) is 38.5 Å².